The predicted octanol–water partition coefficient (Wildman–Crippen LogP) is 1.74. The van der Waals surface area contributed by atoms with Gasteiger partial charge in [-0.15, -0.1) is 0 Å². The zero-order chi connectivity index (χ0) is 11.9. The van der Waals surface area contributed by atoms with Crippen LogP contribution in [0.25, 0.3) is 0 Å². The highest BCUT2D eigenvalue weighted by atomic mass is 32.2. The van der Waals surface area contributed by atoms with E-state index in [0.29, 0.717) is 17.6 Å². The molecule has 0 amide bonds. The van der Waals surface area contributed by atoms with Gasteiger partial charge in [-0.25, -0.2) is 8.42 Å². The highest BCUT2D eigenvalue weighted by Gasteiger charge is 2.27. The molecule has 1 aromatic carbocycles. The van der Waals surface area contributed by atoms with Crippen molar-refractivity contribution in [2.75, 3.05) is 6.26 Å². The summed E-state index contributed by atoms with van der Waals surface area (Å²) in [5, 5.41) is 0. The van der Waals surface area contributed by atoms with Gasteiger partial charge in [-0.1, -0.05) is 24.3 Å². The van der Waals surface area contributed by atoms with Gasteiger partial charge >= 0.3 is 0 Å². The quantitative estimate of drug-likeness (QED) is 0.746. The normalized spacial score (nSPS) is 16.2. The number of benzene rings is 1. The van der Waals surface area contributed by atoms with E-state index in [1.165, 1.54) is 0 Å². The van der Waals surface area contributed by atoms with Crippen molar-refractivity contribution < 1.29 is 13.2 Å². The highest BCUT2D eigenvalue weighted by molar-refractivity contribution is 7.94. The van der Waals surface area contributed by atoms with Crippen LogP contribution in [0, 0.1) is 0 Å². The smallest absolute Gasteiger partial charge is 0.189 e. The molecule has 0 atom stereocenters. The molecule has 3 nitrogen and oxygen atoms in total. The number of rotatable bonds is 1. The first-order valence-corrected chi connectivity index (χ1v) is 6.83. The summed E-state index contributed by atoms with van der Waals surface area (Å²) in [4.78, 5) is 12.2. The van der Waals surface area contributed by atoms with E-state index in [9.17, 15) is 13.2 Å². The lowest BCUT2D eigenvalue weighted by molar-refractivity contribution is 0.103. The minimum absolute atomic E-state index is 0.178. The van der Waals surface area contributed by atoms with Crippen LogP contribution >= 0.6 is 0 Å². The lowest BCUT2D eigenvalue weighted by Gasteiger charge is -2.18. The molecule has 2 rings (SSSR count). The summed E-state index contributed by atoms with van der Waals surface area (Å²) in [5.74, 6) is -0.178. The van der Waals surface area contributed by atoms with Gasteiger partial charge in [0.15, 0.2) is 15.6 Å². The SMILES string of the molecule is CC1=C(S(C)(=O)=O)Cc2ccccc2C1=O. The first-order chi connectivity index (χ1) is 7.41. The average molecular weight is 236 g/mol. The zero-order valence-corrected chi connectivity index (χ0v) is 9.97. The maximum atomic E-state index is 12.0. The van der Waals surface area contributed by atoms with Gasteiger partial charge in [0.2, 0.25) is 0 Å². The Kier molecular flexibility index (Phi) is 2.46. The number of allylic oxidation sites excluding steroid dienone is 2. The number of Topliss-reactive ketones (excluding diaryl/α,β-unsaturated/α-hetero) is 1. The molecule has 1 aromatic rings. The van der Waals surface area contributed by atoms with Crippen LogP contribution in [0.5, 0.6) is 0 Å². The lowest BCUT2D eigenvalue weighted by atomic mass is 9.91. The molecular formula is C12H12O3S. The van der Waals surface area contributed by atoms with Crippen LogP contribution in [-0.4, -0.2) is 20.5 Å². The Labute approximate surface area is 94.7 Å². The molecular weight excluding hydrogens is 224 g/mol. The number of ketones is 1. The Hall–Kier alpha value is -1.42. The number of sulfone groups is 1. The number of carbonyl (C=O) groups excluding carboxylic acids is 1. The Morgan fingerprint density at radius 2 is 1.81 bits per heavy atom. The van der Waals surface area contributed by atoms with Crippen LogP contribution in [0.4, 0.5) is 0 Å². The van der Waals surface area contributed by atoms with E-state index in [0.717, 1.165) is 11.8 Å². The zero-order valence-electron chi connectivity index (χ0n) is 9.15. The summed E-state index contributed by atoms with van der Waals surface area (Å²) in [7, 11) is -3.29. The monoisotopic (exact) mass is 236 g/mol. The Morgan fingerprint density at radius 1 is 1.19 bits per heavy atom. The molecule has 1 aliphatic rings. The van der Waals surface area contributed by atoms with E-state index in [1.807, 2.05) is 6.07 Å². The third-order valence-electron chi connectivity index (χ3n) is 2.82. The van der Waals surface area contributed by atoms with Crippen molar-refractivity contribution in [3.8, 4) is 0 Å². The number of hydrogen-bond acceptors (Lipinski definition) is 3. The minimum atomic E-state index is -3.29. The van der Waals surface area contributed by atoms with Gasteiger partial charge < -0.3 is 0 Å². The standard InChI is InChI=1S/C12H12O3S/c1-8-11(16(2,14)15)7-9-5-3-4-6-10(9)12(8)13/h3-6H,7H2,1-2H3. The van der Waals surface area contributed by atoms with Gasteiger partial charge in [-0.2, -0.15) is 0 Å². The molecule has 0 saturated carbocycles. The van der Waals surface area contributed by atoms with Gasteiger partial charge in [0, 0.05) is 23.8 Å². The topological polar surface area (TPSA) is 51.2 Å². The van der Waals surface area contributed by atoms with Gasteiger partial charge in [0.25, 0.3) is 0 Å². The van der Waals surface area contributed by atoms with Crippen molar-refractivity contribution in [2.24, 2.45) is 0 Å². The predicted molar refractivity (Wildman–Crippen MR) is 62.0 cm³/mol. The van der Waals surface area contributed by atoms with Crippen molar-refractivity contribution in [1.29, 1.82) is 0 Å². The van der Waals surface area contributed by atoms with Crippen LogP contribution in [0.1, 0.15) is 22.8 Å². The molecule has 0 aliphatic heterocycles. The van der Waals surface area contributed by atoms with E-state index in [1.54, 1.807) is 25.1 Å². The fraction of sp³-hybridized carbons (Fsp3) is 0.250. The van der Waals surface area contributed by atoms with Crippen molar-refractivity contribution in [2.45, 2.75) is 13.3 Å². The summed E-state index contributed by atoms with van der Waals surface area (Å²) in [5.41, 5.74) is 1.76. The molecule has 0 heterocycles. The number of hydrogen-bond donors (Lipinski definition) is 0. The third-order valence-corrected chi connectivity index (χ3v) is 4.17. The van der Waals surface area contributed by atoms with Crippen molar-refractivity contribution >= 4 is 15.6 Å². The second-order valence-corrected chi connectivity index (χ2v) is 6.02. The van der Waals surface area contributed by atoms with Gasteiger partial charge in [0.05, 0.1) is 4.91 Å². The molecule has 84 valence electrons. The van der Waals surface area contributed by atoms with Crippen molar-refractivity contribution in [3.63, 3.8) is 0 Å². The molecule has 0 N–H and O–H groups in total. The van der Waals surface area contributed by atoms with Crippen LogP contribution in [-0.2, 0) is 16.3 Å². The lowest BCUT2D eigenvalue weighted by Crippen LogP contribution is -2.19. The molecule has 0 unspecified atom stereocenters. The van der Waals surface area contributed by atoms with E-state index in [-0.39, 0.29) is 10.7 Å². The highest BCUT2D eigenvalue weighted by Crippen LogP contribution is 2.28. The first kappa shape index (κ1) is 11.1. The fourth-order valence-corrected chi connectivity index (χ4v) is 3.01. The summed E-state index contributed by atoms with van der Waals surface area (Å²) >= 11 is 0. The summed E-state index contributed by atoms with van der Waals surface area (Å²) in [6.45, 7) is 1.58. The van der Waals surface area contributed by atoms with E-state index < -0.39 is 9.84 Å². The average Bonchev–Trinajstić information content (AvgIpc) is 2.22. The summed E-state index contributed by atoms with van der Waals surface area (Å²) in [6, 6.07) is 7.13. The second kappa shape index (κ2) is 3.56. The van der Waals surface area contributed by atoms with Gasteiger partial charge in [-0.3, -0.25) is 4.79 Å². The largest absolute Gasteiger partial charge is 0.289 e. The van der Waals surface area contributed by atoms with Crippen LogP contribution in [0.3, 0.4) is 0 Å². The van der Waals surface area contributed by atoms with Gasteiger partial charge in [0.1, 0.15) is 0 Å². The molecule has 0 fully saturated rings. The third kappa shape index (κ3) is 1.69. The molecule has 0 bridgehead atoms. The molecule has 0 saturated heterocycles. The molecule has 4 heteroatoms. The van der Waals surface area contributed by atoms with E-state index in [2.05, 4.69) is 0 Å². The summed E-state index contributed by atoms with van der Waals surface area (Å²) < 4.78 is 23.1. The number of fused-ring (bicyclic) bond motifs is 1. The van der Waals surface area contributed by atoms with Crippen molar-refractivity contribution in [3.05, 3.63) is 45.9 Å². The molecule has 0 spiro atoms. The number of carbonyl (C=O) groups is 1. The Morgan fingerprint density at radius 3 is 2.44 bits per heavy atom. The van der Waals surface area contributed by atoms with E-state index in [4.69, 9.17) is 0 Å². The molecule has 1 aliphatic carbocycles. The minimum Gasteiger partial charge on any atom is -0.289 e. The summed E-state index contributed by atoms with van der Waals surface area (Å²) in [6.07, 6.45) is 1.47. The van der Waals surface area contributed by atoms with Gasteiger partial charge in [-0.05, 0) is 12.5 Å². The maximum Gasteiger partial charge on any atom is 0.189 e. The van der Waals surface area contributed by atoms with Crippen LogP contribution in [0.2, 0.25) is 0 Å². The van der Waals surface area contributed by atoms with Crippen LogP contribution < -0.4 is 0 Å². The second-order valence-electron chi connectivity index (χ2n) is 3.98. The Bertz CT molecular complexity index is 594. The maximum absolute atomic E-state index is 12.0. The fourth-order valence-electron chi connectivity index (χ4n) is 1.94. The first-order valence-electron chi connectivity index (χ1n) is 4.93. The van der Waals surface area contributed by atoms with Crippen molar-refractivity contribution in [1.82, 2.24) is 0 Å². The van der Waals surface area contributed by atoms with E-state index >= 15 is 0 Å². The molecule has 0 radical (unpaired) electrons. The molecule has 16 heavy (non-hydrogen) atoms. The molecule has 0 aromatic heterocycles. The Balaban J connectivity index is 2.65. The van der Waals surface area contributed by atoms with Crippen LogP contribution in [0.15, 0.2) is 34.7 Å².